The van der Waals surface area contributed by atoms with Crippen LogP contribution in [0, 0.1) is 0 Å². The van der Waals surface area contributed by atoms with Crippen molar-refractivity contribution in [2.75, 3.05) is 19.6 Å². The van der Waals surface area contributed by atoms with Crippen LogP contribution in [0.4, 0.5) is 0 Å². The number of piperidine rings is 1. The molecule has 0 spiro atoms. The van der Waals surface area contributed by atoms with Gasteiger partial charge in [-0.3, -0.25) is 4.90 Å². The minimum Gasteiger partial charge on any atom is -0.315 e. The van der Waals surface area contributed by atoms with Crippen molar-refractivity contribution in [2.24, 2.45) is 0 Å². The molecule has 1 saturated heterocycles. The van der Waals surface area contributed by atoms with Gasteiger partial charge in [0.2, 0.25) is 0 Å². The lowest BCUT2D eigenvalue weighted by atomic mass is 10.0. The summed E-state index contributed by atoms with van der Waals surface area (Å²) in [6, 6.07) is 10.1. The zero-order valence-electron chi connectivity index (χ0n) is 12.8. The Morgan fingerprint density at radius 3 is 2.85 bits per heavy atom. The molecule has 2 fully saturated rings. The predicted octanol–water partition coefficient (Wildman–Crippen LogP) is 3.53. The van der Waals surface area contributed by atoms with Crippen LogP contribution in [0.25, 0.3) is 0 Å². The monoisotopic (exact) mass is 272 g/mol. The number of nitrogens with zero attached hydrogens (tertiary/aromatic N) is 1. The van der Waals surface area contributed by atoms with Crippen LogP contribution in [-0.4, -0.2) is 30.6 Å². The van der Waals surface area contributed by atoms with E-state index < -0.39 is 0 Å². The molecule has 1 unspecified atom stereocenters. The van der Waals surface area contributed by atoms with E-state index in [1.807, 2.05) is 0 Å². The van der Waals surface area contributed by atoms with Crippen LogP contribution in [-0.2, 0) is 6.54 Å². The van der Waals surface area contributed by atoms with Crippen molar-refractivity contribution < 1.29 is 0 Å². The van der Waals surface area contributed by atoms with Crippen LogP contribution in [0.5, 0.6) is 0 Å². The van der Waals surface area contributed by atoms with Crippen LogP contribution < -0.4 is 5.32 Å². The maximum absolute atomic E-state index is 3.56. The summed E-state index contributed by atoms with van der Waals surface area (Å²) in [6.07, 6.45) is 6.73. The van der Waals surface area contributed by atoms with Gasteiger partial charge in [-0.05, 0) is 62.2 Å². The molecule has 2 aliphatic rings. The van der Waals surface area contributed by atoms with E-state index in [9.17, 15) is 0 Å². The van der Waals surface area contributed by atoms with Crippen LogP contribution in [0.1, 0.15) is 56.1 Å². The Balaban J connectivity index is 1.66. The molecule has 1 aromatic rings. The molecule has 1 N–H and O–H groups in total. The van der Waals surface area contributed by atoms with E-state index in [0.29, 0.717) is 0 Å². The summed E-state index contributed by atoms with van der Waals surface area (Å²) in [5, 5.41) is 3.56. The second-order valence-electron chi connectivity index (χ2n) is 6.49. The van der Waals surface area contributed by atoms with E-state index in [1.54, 1.807) is 5.56 Å². The standard InChI is InChI=1S/C18H28N2/c1-2-11-20(18-7-4-10-19-13-18)14-15-5-3-6-17(12-15)16-8-9-16/h3,5-6,12,16,18-19H,2,4,7-11,13-14H2,1H3. The molecule has 0 radical (unpaired) electrons. The average Bonchev–Trinajstić information content (AvgIpc) is 3.33. The third kappa shape index (κ3) is 3.62. The maximum atomic E-state index is 3.56. The number of hydrogen-bond donors (Lipinski definition) is 1. The Hall–Kier alpha value is -0.860. The highest BCUT2D eigenvalue weighted by molar-refractivity contribution is 5.29. The summed E-state index contributed by atoms with van der Waals surface area (Å²) < 4.78 is 0. The average molecular weight is 272 g/mol. The first-order chi connectivity index (χ1) is 9.86. The summed E-state index contributed by atoms with van der Waals surface area (Å²) in [5.74, 6) is 0.867. The number of benzene rings is 1. The van der Waals surface area contributed by atoms with Gasteiger partial charge in [0, 0.05) is 19.1 Å². The van der Waals surface area contributed by atoms with Crippen molar-refractivity contribution in [2.45, 2.75) is 57.5 Å². The van der Waals surface area contributed by atoms with Gasteiger partial charge in [-0.25, -0.2) is 0 Å². The Morgan fingerprint density at radius 1 is 1.25 bits per heavy atom. The molecule has 1 atom stereocenters. The zero-order chi connectivity index (χ0) is 13.8. The highest BCUT2D eigenvalue weighted by atomic mass is 15.2. The Morgan fingerprint density at radius 2 is 2.15 bits per heavy atom. The summed E-state index contributed by atoms with van der Waals surface area (Å²) in [5.41, 5.74) is 3.08. The number of hydrogen-bond acceptors (Lipinski definition) is 2. The third-order valence-corrected chi connectivity index (χ3v) is 4.68. The Kier molecular flexibility index (Phi) is 4.74. The predicted molar refractivity (Wildman–Crippen MR) is 85.0 cm³/mol. The second kappa shape index (κ2) is 6.73. The fraction of sp³-hybridized carbons (Fsp3) is 0.667. The molecular weight excluding hydrogens is 244 g/mol. The highest BCUT2D eigenvalue weighted by Crippen LogP contribution is 2.40. The normalized spacial score (nSPS) is 23.2. The van der Waals surface area contributed by atoms with E-state index >= 15 is 0 Å². The second-order valence-corrected chi connectivity index (χ2v) is 6.49. The fourth-order valence-corrected chi connectivity index (χ4v) is 3.42. The van der Waals surface area contributed by atoms with Gasteiger partial charge in [-0.1, -0.05) is 31.2 Å². The van der Waals surface area contributed by atoms with Gasteiger partial charge in [0.05, 0.1) is 0 Å². The first-order valence-electron chi connectivity index (χ1n) is 8.40. The SMILES string of the molecule is CCCN(Cc1cccc(C2CC2)c1)C1CCCNC1. The summed E-state index contributed by atoms with van der Waals surface area (Å²) in [4.78, 5) is 2.69. The van der Waals surface area contributed by atoms with Crippen molar-refractivity contribution in [1.82, 2.24) is 10.2 Å². The Bertz CT molecular complexity index is 419. The van der Waals surface area contributed by atoms with Gasteiger partial charge >= 0.3 is 0 Å². The molecule has 2 nitrogen and oxygen atoms in total. The summed E-state index contributed by atoms with van der Waals surface area (Å²) in [6.45, 7) is 7.01. The quantitative estimate of drug-likeness (QED) is 0.852. The topological polar surface area (TPSA) is 15.3 Å². The van der Waals surface area contributed by atoms with Gasteiger partial charge in [-0.2, -0.15) is 0 Å². The smallest absolute Gasteiger partial charge is 0.0237 e. The van der Waals surface area contributed by atoms with Crippen molar-refractivity contribution in [3.05, 3.63) is 35.4 Å². The zero-order valence-corrected chi connectivity index (χ0v) is 12.8. The molecule has 20 heavy (non-hydrogen) atoms. The van der Waals surface area contributed by atoms with Crippen LogP contribution in [0.3, 0.4) is 0 Å². The fourth-order valence-electron chi connectivity index (χ4n) is 3.42. The first kappa shape index (κ1) is 14.1. The van der Waals surface area contributed by atoms with Gasteiger partial charge in [0.1, 0.15) is 0 Å². The molecule has 0 bridgehead atoms. The Labute approximate surface area is 123 Å². The molecular formula is C18H28N2. The molecule has 110 valence electrons. The molecule has 1 aliphatic heterocycles. The van der Waals surface area contributed by atoms with E-state index in [2.05, 4.69) is 41.4 Å². The lowest BCUT2D eigenvalue weighted by molar-refractivity contribution is 0.158. The van der Waals surface area contributed by atoms with Gasteiger partial charge in [-0.15, -0.1) is 0 Å². The minimum atomic E-state index is 0.730. The van der Waals surface area contributed by atoms with Crippen molar-refractivity contribution in [1.29, 1.82) is 0 Å². The third-order valence-electron chi connectivity index (χ3n) is 4.68. The molecule has 1 aromatic carbocycles. The highest BCUT2D eigenvalue weighted by Gasteiger charge is 2.24. The maximum Gasteiger partial charge on any atom is 0.0237 e. The van der Waals surface area contributed by atoms with E-state index in [1.165, 1.54) is 57.3 Å². The molecule has 0 amide bonds. The largest absolute Gasteiger partial charge is 0.315 e. The van der Waals surface area contributed by atoms with E-state index in [4.69, 9.17) is 0 Å². The molecule has 2 heteroatoms. The van der Waals surface area contributed by atoms with E-state index in [-0.39, 0.29) is 0 Å². The minimum absolute atomic E-state index is 0.730. The molecule has 1 aliphatic carbocycles. The van der Waals surface area contributed by atoms with Gasteiger partial charge < -0.3 is 5.32 Å². The number of rotatable bonds is 6. The van der Waals surface area contributed by atoms with Crippen LogP contribution in [0.2, 0.25) is 0 Å². The first-order valence-corrected chi connectivity index (χ1v) is 8.40. The summed E-state index contributed by atoms with van der Waals surface area (Å²) in [7, 11) is 0. The lowest BCUT2D eigenvalue weighted by Gasteiger charge is -2.34. The lowest BCUT2D eigenvalue weighted by Crippen LogP contribution is -2.45. The van der Waals surface area contributed by atoms with Gasteiger partial charge in [0.15, 0.2) is 0 Å². The molecule has 3 rings (SSSR count). The van der Waals surface area contributed by atoms with Crippen LogP contribution >= 0.6 is 0 Å². The molecule has 1 heterocycles. The number of nitrogens with one attached hydrogen (secondary N) is 1. The van der Waals surface area contributed by atoms with E-state index in [0.717, 1.165) is 18.5 Å². The van der Waals surface area contributed by atoms with Crippen molar-refractivity contribution >= 4 is 0 Å². The van der Waals surface area contributed by atoms with Crippen LogP contribution in [0.15, 0.2) is 24.3 Å². The summed E-state index contributed by atoms with van der Waals surface area (Å²) >= 11 is 0. The molecule has 0 aromatic heterocycles. The molecule has 1 saturated carbocycles. The van der Waals surface area contributed by atoms with Crippen molar-refractivity contribution in [3.8, 4) is 0 Å². The van der Waals surface area contributed by atoms with Gasteiger partial charge in [0.25, 0.3) is 0 Å². The van der Waals surface area contributed by atoms with Crippen molar-refractivity contribution in [3.63, 3.8) is 0 Å².